The molecule has 4 amide bonds. The standard InChI is InChI=1S/C28H24Cl2N2O5/c1-3-19-9-5-6-11-23(19)32-27(34)21(26(33)31-28(32)35)13-18-14-22(30)25(24(15-18)36-4-2)37-16-17-8-7-10-20(29)12-17/h5-15H,3-4,16H2,1-2H3,(H,31,33,35)/b21-13-. The van der Waals surface area contributed by atoms with Gasteiger partial charge in [-0.3, -0.25) is 14.9 Å². The number of aryl methyl sites for hydroxylation is 1. The van der Waals surface area contributed by atoms with E-state index in [1.165, 1.54) is 6.08 Å². The number of para-hydroxylation sites is 1. The molecular weight excluding hydrogens is 515 g/mol. The van der Waals surface area contributed by atoms with Gasteiger partial charge in [0.1, 0.15) is 12.2 Å². The van der Waals surface area contributed by atoms with Gasteiger partial charge in [0.05, 0.1) is 17.3 Å². The van der Waals surface area contributed by atoms with Crippen LogP contribution in [0.15, 0.2) is 66.2 Å². The summed E-state index contributed by atoms with van der Waals surface area (Å²) in [7, 11) is 0. The number of amides is 4. The Kier molecular flexibility index (Phi) is 8.16. The summed E-state index contributed by atoms with van der Waals surface area (Å²) >= 11 is 12.6. The molecule has 0 aliphatic carbocycles. The van der Waals surface area contributed by atoms with Crippen molar-refractivity contribution in [3.8, 4) is 11.5 Å². The summed E-state index contributed by atoms with van der Waals surface area (Å²) in [5.74, 6) is -0.865. The Bertz CT molecular complexity index is 1400. The second-order valence-electron chi connectivity index (χ2n) is 8.12. The van der Waals surface area contributed by atoms with E-state index in [-0.39, 0.29) is 17.2 Å². The molecule has 37 heavy (non-hydrogen) atoms. The monoisotopic (exact) mass is 538 g/mol. The molecule has 7 nitrogen and oxygen atoms in total. The van der Waals surface area contributed by atoms with Gasteiger partial charge < -0.3 is 9.47 Å². The third-order valence-electron chi connectivity index (χ3n) is 5.63. The number of hydrogen-bond acceptors (Lipinski definition) is 5. The fraction of sp³-hybridized carbons (Fsp3) is 0.179. The molecule has 190 valence electrons. The Balaban J connectivity index is 1.68. The van der Waals surface area contributed by atoms with Crippen LogP contribution in [0.2, 0.25) is 10.0 Å². The van der Waals surface area contributed by atoms with Crippen LogP contribution >= 0.6 is 23.2 Å². The number of benzene rings is 3. The zero-order chi connectivity index (χ0) is 26.5. The van der Waals surface area contributed by atoms with Gasteiger partial charge in [-0.2, -0.15) is 0 Å². The third-order valence-corrected chi connectivity index (χ3v) is 6.15. The second-order valence-corrected chi connectivity index (χ2v) is 8.97. The number of carbonyl (C=O) groups excluding carboxylic acids is 3. The van der Waals surface area contributed by atoms with Gasteiger partial charge in [0.15, 0.2) is 11.5 Å². The van der Waals surface area contributed by atoms with Crippen molar-refractivity contribution >= 4 is 52.8 Å². The molecule has 3 aromatic carbocycles. The van der Waals surface area contributed by atoms with E-state index in [4.69, 9.17) is 32.7 Å². The van der Waals surface area contributed by atoms with Crippen molar-refractivity contribution in [2.24, 2.45) is 0 Å². The Morgan fingerprint density at radius 3 is 2.46 bits per heavy atom. The van der Waals surface area contributed by atoms with E-state index in [1.807, 2.05) is 38.1 Å². The quantitative estimate of drug-likeness (QED) is 0.272. The lowest BCUT2D eigenvalue weighted by Gasteiger charge is -2.28. The number of halogens is 2. The molecule has 0 atom stereocenters. The molecule has 0 bridgehead atoms. The normalized spacial score (nSPS) is 14.6. The van der Waals surface area contributed by atoms with Crippen molar-refractivity contribution in [1.82, 2.24) is 5.32 Å². The van der Waals surface area contributed by atoms with Crippen LogP contribution in [0, 0.1) is 0 Å². The summed E-state index contributed by atoms with van der Waals surface area (Å²) in [5.41, 5.74) is 2.28. The first-order chi connectivity index (χ1) is 17.8. The highest BCUT2D eigenvalue weighted by atomic mass is 35.5. The topological polar surface area (TPSA) is 84.9 Å². The molecule has 1 aliphatic rings. The Hall–Kier alpha value is -3.81. The number of barbiturate groups is 1. The number of urea groups is 1. The van der Waals surface area contributed by atoms with Crippen molar-refractivity contribution in [3.05, 3.63) is 93.0 Å². The van der Waals surface area contributed by atoms with Crippen LogP contribution in [-0.2, 0) is 22.6 Å². The smallest absolute Gasteiger partial charge is 0.335 e. The van der Waals surface area contributed by atoms with Crippen LogP contribution in [0.5, 0.6) is 11.5 Å². The van der Waals surface area contributed by atoms with E-state index in [0.717, 1.165) is 16.0 Å². The van der Waals surface area contributed by atoms with Gasteiger partial charge in [-0.15, -0.1) is 0 Å². The first kappa shape index (κ1) is 26.3. The summed E-state index contributed by atoms with van der Waals surface area (Å²) in [5, 5.41) is 3.06. The van der Waals surface area contributed by atoms with Gasteiger partial charge in [-0.05, 0) is 66.4 Å². The fourth-order valence-corrected chi connectivity index (χ4v) is 4.41. The van der Waals surface area contributed by atoms with Crippen LogP contribution in [0.25, 0.3) is 6.08 Å². The number of anilines is 1. The minimum atomic E-state index is -0.800. The van der Waals surface area contributed by atoms with Crippen LogP contribution in [0.4, 0.5) is 10.5 Å². The van der Waals surface area contributed by atoms with Crippen LogP contribution in [0.1, 0.15) is 30.5 Å². The largest absolute Gasteiger partial charge is 0.490 e. The maximum absolute atomic E-state index is 13.3. The predicted molar refractivity (Wildman–Crippen MR) is 143 cm³/mol. The molecule has 0 aromatic heterocycles. The highest BCUT2D eigenvalue weighted by Crippen LogP contribution is 2.38. The van der Waals surface area contributed by atoms with Crippen molar-refractivity contribution < 1.29 is 23.9 Å². The average Bonchev–Trinajstić information content (AvgIpc) is 2.86. The van der Waals surface area contributed by atoms with Crippen LogP contribution < -0.4 is 19.7 Å². The van der Waals surface area contributed by atoms with Gasteiger partial charge >= 0.3 is 6.03 Å². The van der Waals surface area contributed by atoms with E-state index in [0.29, 0.717) is 40.8 Å². The molecule has 0 spiro atoms. The first-order valence-electron chi connectivity index (χ1n) is 11.6. The van der Waals surface area contributed by atoms with Gasteiger partial charge in [-0.1, -0.05) is 60.5 Å². The van der Waals surface area contributed by atoms with Crippen LogP contribution in [-0.4, -0.2) is 24.5 Å². The molecule has 1 heterocycles. The number of hydrogen-bond donors (Lipinski definition) is 1. The lowest BCUT2D eigenvalue weighted by atomic mass is 10.0. The minimum absolute atomic E-state index is 0.204. The number of ether oxygens (including phenoxy) is 2. The molecule has 9 heteroatoms. The fourth-order valence-electron chi connectivity index (χ4n) is 3.93. The summed E-state index contributed by atoms with van der Waals surface area (Å²) in [4.78, 5) is 39.6. The molecule has 1 saturated heterocycles. The molecule has 1 N–H and O–H groups in total. The maximum atomic E-state index is 13.3. The predicted octanol–water partition coefficient (Wildman–Crippen LogP) is 6.20. The summed E-state index contributed by atoms with van der Waals surface area (Å²) in [6, 6.07) is 16.7. The number of carbonyl (C=O) groups is 3. The molecule has 0 unspecified atom stereocenters. The maximum Gasteiger partial charge on any atom is 0.335 e. The number of imide groups is 2. The lowest BCUT2D eigenvalue weighted by molar-refractivity contribution is -0.122. The molecule has 0 saturated carbocycles. The summed E-state index contributed by atoms with van der Waals surface area (Å²) in [6.45, 7) is 4.27. The highest BCUT2D eigenvalue weighted by Gasteiger charge is 2.37. The molecule has 0 radical (unpaired) electrons. The summed E-state index contributed by atoms with van der Waals surface area (Å²) < 4.78 is 11.7. The minimum Gasteiger partial charge on any atom is -0.490 e. The van der Waals surface area contributed by atoms with Crippen LogP contribution in [0.3, 0.4) is 0 Å². The Labute approximate surface area is 224 Å². The van der Waals surface area contributed by atoms with Crippen molar-refractivity contribution in [3.63, 3.8) is 0 Å². The molecule has 4 rings (SSSR count). The van der Waals surface area contributed by atoms with E-state index in [2.05, 4.69) is 5.32 Å². The Morgan fingerprint density at radius 1 is 0.946 bits per heavy atom. The average molecular weight is 539 g/mol. The zero-order valence-electron chi connectivity index (χ0n) is 20.2. The molecule has 1 fully saturated rings. The highest BCUT2D eigenvalue weighted by molar-refractivity contribution is 6.39. The van der Waals surface area contributed by atoms with E-state index < -0.39 is 17.8 Å². The number of nitrogens with one attached hydrogen (secondary N) is 1. The van der Waals surface area contributed by atoms with Gasteiger partial charge in [-0.25, -0.2) is 9.69 Å². The summed E-state index contributed by atoms with van der Waals surface area (Å²) in [6.07, 6.45) is 1.98. The third kappa shape index (κ3) is 5.79. The molecule has 3 aromatic rings. The molecular formula is C28H24Cl2N2O5. The zero-order valence-corrected chi connectivity index (χ0v) is 21.7. The van der Waals surface area contributed by atoms with Crippen molar-refractivity contribution in [2.45, 2.75) is 26.9 Å². The number of nitrogens with zero attached hydrogens (tertiary/aromatic N) is 1. The van der Waals surface area contributed by atoms with Gasteiger partial charge in [0, 0.05) is 5.02 Å². The van der Waals surface area contributed by atoms with E-state index >= 15 is 0 Å². The lowest BCUT2D eigenvalue weighted by Crippen LogP contribution is -2.54. The first-order valence-corrected chi connectivity index (χ1v) is 12.4. The van der Waals surface area contributed by atoms with Gasteiger partial charge in [0.2, 0.25) is 0 Å². The SMILES string of the molecule is CCOc1cc(/C=C2/C(=O)NC(=O)N(c3ccccc3CC)C2=O)cc(Cl)c1OCc1cccc(Cl)c1. The van der Waals surface area contributed by atoms with E-state index in [1.54, 1.807) is 36.4 Å². The van der Waals surface area contributed by atoms with E-state index in [9.17, 15) is 14.4 Å². The van der Waals surface area contributed by atoms with Gasteiger partial charge in [0.25, 0.3) is 11.8 Å². The van der Waals surface area contributed by atoms with Crippen molar-refractivity contribution in [2.75, 3.05) is 11.5 Å². The Morgan fingerprint density at radius 2 is 1.73 bits per heavy atom. The molecule has 1 aliphatic heterocycles. The number of rotatable bonds is 8. The van der Waals surface area contributed by atoms with Crippen molar-refractivity contribution in [1.29, 1.82) is 0 Å². The second kappa shape index (κ2) is 11.5.